The van der Waals surface area contributed by atoms with Crippen molar-refractivity contribution in [3.63, 3.8) is 0 Å². The van der Waals surface area contributed by atoms with Gasteiger partial charge < -0.3 is 9.32 Å². The molecule has 0 unspecified atom stereocenters. The van der Waals surface area contributed by atoms with Gasteiger partial charge in [0.25, 0.3) is 0 Å². The van der Waals surface area contributed by atoms with Crippen molar-refractivity contribution in [2.24, 2.45) is 0 Å². The van der Waals surface area contributed by atoms with Gasteiger partial charge in [0, 0.05) is 27.5 Å². The molecule has 13 rings (SSSR count). The van der Waals surface area contributed by atoms with Crippen molar-refractivity contribution in [1.82, 2.24) is 0 Å². The predicted molar refractivity (Wildman–Crippen MR) is 280 cm³/mol. The van der Waals surface area contributed by atoms with Crippen LogP contribution in [-0.2, 0) is 0 Å². The summed E-state index contributed by atoms with van der Waals surface area (Å²) in [5.41, 5.74) is 14.5. The second kappa shape index (κ2) is 15.5. The molecule has 66 heavy (non-hydrogen) atoms. The molecule has 0 radical (unpaired) electrons. The number of nitrogens with zero attached hydrogens (tertiary/aromatic N) is 1. The van der Waals surface area contributed by atoms with Crippen LogP contribution in [0.15, 0.2) is 253 Å². The summed E-state index contributed by atoms with van der Waals surface area (Å²) in [6.07, 6.45) is 0. The van der Waals surface area contributed by atoms with Crippen LogP contribution in [0.2, 0.25) is 0 Å². The van der Waals surface area contributed by atoms with E-state index in [1.807, 2.05) is 12.1 Å². The molecule has 0 atom stereocenters. The van der Waals surface area contributed by atoms with Crippen LogP contribution in [0.3, 0.4) is 0 Å². The minimum atomic E-state index is 0.903. The average Bonchev–Trinajstić information content (AvgIpc) is 3.77. The van der Waals surface area contributed by atoms with E-state index in [-0.39, 0.29) is 0 Å². The van der Waals surface area contributed by atoms with Crippen LogP contribution >= 0.6 is 0 Å². The van der Waals surface area contributed by atoms with E-state index in [2.05, 4.69) is 241 Å². The van der Waals surface area contributed by atoms with Crippen LogP contribution in [0.25, 0.3) is 110 Å². The lowest BCUT2D eigenvalue weighted by Crippen LogP contribution is -2.10. The quantitative estimate of drug-likeness (QED) is 0.149. The van der Waals surface area contributed by atoms with Crippen molar-refractivity contribution in [2.75, 3.05) is 4.90 Å². The van der Waals surface area contributed by atoms with Crippen LogP contribution in [-0.4, -0.2) is 0 Å². The van der Waals surface area contributed by atoms with E-state index in [1.54, 1.807) is 0 Å². The van der Waals surface area contributed by atoms with Crippen LogP contribution in [0.4, 0.5) is 17.1 Å². The van der Waals surface area contributed by atoms with Gasteiger partial charge in [-0.15, -0.1) is 0 Å². The lowest BCUT2D eigenvalue weighted by atomic mass is 9.92. The normalized spacial score (nSPS) is 11.6. The standard InChI is InChI=1S/C64H41NO/c1-2-13-45-37-48(25-24-42(45)12-1)52-38-50-14-3-6-19-56(50)61(39-52)44-28-33-54(34-29-44)65(62-40-51-15-4-5-18-55(51)57-20-7-8-21-58(57)62)53-31-26-43(27-32-53)46-16-11-17-47(36-46)49-30-35-60-59-22-9-10-23-63(59)66-64(60)41-49/h1-41H. The summed E-state index contributed by atoms with van der Waals surface area (Å²) >= 11 is 0. The molecule has 0 amide bonds. The van der Waals surface area contributed by atoms with E-state index in [1.165, 1.54) is 65.3 Å². The molecule has 0 bridgehead atoms. The molecular weight excluding hydrogens is 799 g/mol. The van der Waals surface area contributed by atoms with E-state index in [9.17, 15) is 0 Å². The first-order valence-corrected chi connectivity index (χ1v) is 22.6. The van der Waals surface area contributed by atoms with E-state index in [0.717, 1.165) is 61.3 Å². The lowest BCUT2D eigenvalue weighted by Gasteiger charge is -2.28. The number of para-hydroxylation sites is 1. The molecule has 0 aliphatic rings. The molecule has 0 saturated carbocycles. The van der Waals surface area contributed by atoms with Crippen molar-refractivity contribution in [2.45, 2.75) is 0 Å². The Kier molecular flexibility index (Phi) is 8.89. The van der Waals surface area contributed by atoms with E-state index in [0.29, 0.717) is 0 Å². The van der Waals surface area contributed by atoms with Gasteiger partial charge in [0.1, 0.15) is 11.2 Å². The maximum Gasteiger partial charge on any atom is 0.136 e. The monoisotopic (exact) mass is 839 g/mol. The van der Waals surface area contributed by atoms with Crippen LogP contribution < -0.4 is 4.90 Å². The topological polar surface area (TPSA) is 16.4 Å². The summed E-state index contributed by atoms with van der Waals surface area (Å²) in [6.45, 7) is 0. The molecule has 0 N–H and O–H groups in total. The van der Waals surface area contributed by atoms with Crippen molar-refractivity contribution < 1.29 is 4.42 Å². The smallest absolute Gasteiger partial charge is 0.136 e. The minimum absolute atomic E-state index is 0.903. The molecule has 1 heterocycles. The highest BCUT2D eigenvalue weighted by Crippen LogP contribution is 2.44. The van der Waals surface area contributed by atoms with Gasteiger partial charge >= 0.3 is 0 Å². The minimum Gasteiger partial charge on any atom is -0.456 e. The molecule has 0 aliphatic heterocycles. The molecule has 0 saturated heterocycles. The van der Waals surface area contributed by atoms with Crippen molar-refractivity contribution in [3.8, 4) is 44.5 Å². The van der Waals surface area contributed by atoms with Gasteiger partial charge in [-0.25, -0.2) is 0 Å². The largest absolute Gasteiger partial charge is 0.456 e. The van der Waals surface area contributed by atoms with E-state index < -0.39 is 0 Å². The summed E-state index contributed by atoms with van der Waals surface area (Å²) in [5, 5.41) is 12.1. The maximum absolute atomic E-state index is 6.26. The van der Waals surface area contributed by atoms with Gasteiger partial charge in [0.15, 0.2) is 0 Å². The van der Waals surface area contributed by atoms with Crippen molar-refractivity contribution >= 4 is 82.1 Å². The van der Waals surface area contributed by atoms with Crippen LogP contribution in [0.1, 0.15) is 0 Å². The second-order valence-electron chi connectivity index (χ2n) is 17.3. The summed E-state index contributed by atoms with van der Waals surface area (Å²) in [5.74, 6) is 0. The Labute approximate surface area is 382 Å². The first-order chi connectivity index (χ1) is 32.7. The number of rotatable bonds is 7. The molecule has 2 heteroatoms. The molecule has 12 aromatic carbocycles. The fourth-order valence-electron chi connectivity index (χ4n) is 10.1. The van der Waals surface area contributed by atoms with Crippen LogP contribution in [0.5, 0.6) is 0 Å². The van der Waals surface area contributed by atoms with Crippen molar-refractivity contribution in [3.05, 3.63) is 249 Å². The van der Waals surface area contributed by atoms with Gasteiger partial charge in [-0.2, -0.15) is 0 Å². The third-order valence-electron chi connectivity index (χ3n) is 13.4. The molecule has 1 aromatic heterocycles. The molecule has 308 valence electrons. The molecule has 0 fully saturated rings. The molecule has 0 spiro atoms. The second-order valence-corrected chi connectivity index (χ2v) is 17.3. The zero-order chi connectivity index (χ0) is 43.6. The third-order valence-corrected chi connectivity index (χ3v) is 13.4. The first-order valence-electron chi connectivity index (χ1n) is 22.6. The first kappa shape index (κ1) is 37.8. The predicted octanol–water partition coefficient (Wildman–Crippen LogP) is 18.3. The molecule has 13 aromatic rings. The number of furan rings is 1. The Hall–Kier alpha value is -8.72. The van der Waals surface area contributed by atoms with Gasteiger partial charge in [0.2, 0.25) is 0 Å². The highest BCUT2D eigenvalue weighted by Gasteiger charge is 2.19. The van der Waals surface area contributed by atoms with E-state index >= 15 is 0 Å². The zero-order valence-corrected chi connectivity index (χ0v) is 36.0. The number of anilines is 3. The van der Waals surface area contributed by atoms with Gasteiger partial charge in [-0.1, -0.05) is 176 Å². The lowest BCUT2D eigenvalue weighted by molar-refractivity contribution is 0.669. The SMILES string of the molecule is c1cc(-c2ccc(N(c3ccc(-c4cc(-c5ccc6ccccc6c5)cc5ccccc45)cc3)c3cc4ccccc4c4ccccc34)cc2)cc(-c2ccc3c(c2)oc2ccccc23)c1. The molecule has 0 aliphatic carbocycles. The Morgan fingerprint density at radius 2 is 0.758 bits per heavy atom. The van der Waals surface area contributed by atoms with E-state index in [4.69, 9.17) is 4.42 Å². The van der Waals surface area contributed by atoms with Crippen molar-refractivity contribution in [1.29, 1.82) is 0 Å². The maximum atomic E-state index is 6.26. The Balaban J connectivity index is 0.909. The Morgan fingerprint density at radius 1 is 0.242 bits per heavy atom. The number of fused-ring (bicyclic) bond motifs is 8. The highest BCUT2D eigenvalue weighted by atomic mass is 16.3. The Bertz CT molecular complexity index is 3990. The summed E-state index contributed by atoms with van der Waals surface area (Å²) in [6, 6.07) is 90.5. The fraction of sp³-hybridized carbons (Fsp3) is 0. The number of hydrogen-bond donors (Lipinski definition) is 0. The van der Waals surface area contributed by atoms with Gasteiger partial charge in [-0.3, -0.25) is 0 Å². The fourth-order valence-corrected chi connectivity index (χ4v) is 10.1. The Morgan fingerprint density at radius 3 is 1.53 bits per heavy atom. The van der Waals surface area contributed by atoms with Gasteiger partial charge in [-0.05, 0) is 155 Å². The summed E-state index contributed by atoms with van der Waals surface area (Å²) in [4.78, 5) is 2.42. The number of hydrogen-bond acceptors (Lipinski definition) is 2. The summed E-state index contributed by atoms with van der Waals surface area (Å²) < 4.78 is 6.26. The van der Waals surface area contributed by atoms with Gasteiger partial charge in [0.05, 0.1) is 5.69 Å². The summed E-state index contributed by atoms with van der Waals surface area (Å²) in [7, 11) is 0. The zero-order valence-electron chi connectivity index (χ0n) is 36.0. The molecule has 2 nitrogen and oxygen atoms in total. The van der Waals surface area contributed by atoms with Crippen LogP contribution in [0, 0.1) is 0 Å². The third kappa shape index (κ3) is 6.50. The average molecular weight is 840 g/mol. The number of benzene rings is 12. The molecular formula is C64H41NO. The highest BCUT2D eigenvalue weighted by molar-refractivity contribution is 6.15.